The van der Waals surface area contributed by atoms with E-state index in [4.69, 9.17) is 16.7 Å². The number of amides is 2. The number of carbonyl (C=O) groups is 2. The van der Waals surface area contributed by atoms with Crippen molar-refractivity contribution in [2.45, 2.75) is 18.5 Å². The van der Waals surface area contributed by atoms with Crippen LogP contribution in [0.25, 0.3) is 0 Å². The Morgan fingerprint density at radius 2 is 1.61 bits per heavy atom. The number of rotatable bonds is 5. The van der Waals surface area contributed by atoms with Crippen molar-refractivity contribution in [1.82, 2.24) is 10.8 Å². The second-order valence-corrected chi connectivity index (χ2v) is 6.47. The number of hydrogen-bond acceptors (Lipinski definition) is 5. The smallest absolute Gasteiger partial charge is 0.267 e. The van der Waals surface area contributed by atoms with Gasteiger partial charge in [0.15, 0.2) is 0 Å². The molecule has 28 heavy (non-hydrogen) atoms. The zero-order chi connectivity index (χ0) is 20.7. The van der Waals surface area contributed by atoms with Crippen molar-refractivity contribution < 1.29 is 19.2 Å². The van der Waals surface area contributed by atoms with E-state index >= 15 is 0 Å². The van der Waals surface area contributed by atoms with Crippen LogP contribution in [0.4, 0.5) is 10.1 Å². The molecule has 0 radical (unpaired) electrons. The second kappa shape index (κ2) is 8.99. The number of benzene rings is 2. The average molecular weight is 384 g/mol. The summed E-state index contributed by atoms with van der Waals surface area (Å²) in [5, 5.41) is 11.1. The zero-order valence-corrected chi connectivity index (χ0v) is 15.2. The van der Waals surface area contributed by atoms with Gasteiger partial charge in [0, 0.05) is 22.4 Å². The first-order valence-electron chi connectivity index (χ1n) is 8.34. The van der Waals surface area contributed by atoms with Crippen molar-refractivity contribution in [3.8, 4) is 11.8 Å². The topological polar surface area (TPSA) is 130 Å². The van der Waals surface area contributed by atoms with Crippen LogP contribution in [0.15, 0.2) is 48.5 Å². The maximum Gasteiger partial charge on any atom is 0.267 e. The van der Waals surface area contributed by atoms with E-state index in [0.29, 0.717) is 11.3 Å². The number of hydrogen-bond donors (Lipinski definition) is 5. The molecule has 0 aliphatic carbocycles. The standard InChI is InChI=1S/C20H21FN4O3/c1-20(23,12-21)17(19(27)25-28)24-18(26)15-8-4-13(5-9-15)2-3-14-6-10-16(22)11-7-14/h4-11,17,28H,12,22-23H2,1H3,(H,24,26)(H,25,27)/t17-,20?/m1/s1. The summed E-state index contributed by atoms with van der Waals surface area (Å²) < 4.78 is 13.1. The molecule has 0 fully saturated rings. The molecular weight excluding hydrogens is 363 g/mol. The Morgan fingerprint density at radius 1 is 1.11 bits per heavy atom. The molecule has 0 bridgehead atoms. The number of nitrogens with one attached hydrogen (secondary N) is 2. The Labute approximate surface area is 161 Å². The minimum Gasteiger partial charge on any atom is -0.399 e. The lowest BCUT2D eigenvalue weighted by Gasteiger charge is -2.30. The average Bonchev–Trinajstić information content (AvgIpc) is 2.71. The van der Waals surface area contributed by atoms with Gasteiger partial charge in [0.25, 0.3) is 11.8 Å². The Balaban J connectivity index is 2.12. The fraction of sp³-hybridized carbons (Fsp3) is 0.200. The van der Waals surface area contributed by atoms with Crippen LogP contribution in [-0.4, -0.2) is 35.3 Å². The molecule has 7 N–H and O–H groups in total. The number of nitrogens with two attached hydrogens (primary N) is 2. The third kappa shape index (κ3) is 5.30. The van der Waals surface area contributed by atoms with E-state index in [9.17, 15) is 14.0 Å². The summed E-state index contributed by atoms with van der Waals surface area (Å²) in [6.07, 6.45) is 0. The molecule has 7 nitrogen and oxygen atoms in total. The summed E-state index contributed by atoms with van der Waals surface area (Å²) in [6.45, 7) is 0.175. The molecule has 2 rings (SSSR count). The van der Waals surface area contributed by atoms with Crippen molar-refractivity contribution >= 4 is 17.5 Å². The molecule has 1 unspecified atom stereocenters. The van der Waals surface area contributed by atoms with Gasteiger partial charge in [-0.05, 0) is 55.5 Å². The zero-order valence-electron chi connectivity index (χ0n) is 15.2. The van der Waals surface area contributed by atoms with Gasteiger partial charge in [-0.25, -0.2) is 9.87 Å². The van der Waals surface area contributed by atoms with Gasteiger partial charge >= 0.3 is 0 Å². The van der Waals surface area contributed by atoms with Crippen LogP contribution in [0.3, 0.4) is 0 Å². The first-order valence-corrected chi connectivity index (χ1v) is 8.34. The van der Waals surface area contributed by atoms with E-state index in [1.165, 1.54) is 24.5 Å². The molecule has 2 aromatic carbocycles. The maximum absolute atomic E-state index is 13.1. The van der Waals surface area contributed by atoms with Gasteiger partial charge in [0.05, 0.1) is 5.54 Å². The summed E-state index contributed by atoms with van der Waals surface area (Å²) in [6, 6.07) is 11.9. The SMILES string of the molecule is CC(N)(CF)[C@H](NC(=O)c1ccc(C#Cc2ccc(N)cc2)cc1)C(=O)NO. The normalized spacial score (nSPS) is 13.4. The highest BCUT2D eigenvalue weighted by Crippen LogP contribution is 2.11. The second-order valence-electron chi connectivity index (χ2n) is 6.47. The highest BCUT2D eigenvalue weighted by Gasteiger charge is 2.37. The van der Waals surface area contributed by atoms with Crippen molar-refractivity contribution in [3.05, 3.63) is 65.2 Å². The predicted octanol–water partition coefficient (Wildman–Crippen LogP) is 0.959. The van der Waals surface area contributed by atoms with Gasteiger partial charge in [-0.2, -0.15) is 0 Å². The summed E-state index contributed by atoms with van der Waals surface area (Å²) in [4.78, 5) is 24.1. The van der Waals surface area contributed by atoms with E-state index in [1.54, 1.807) is 36.4 Å². The fourth-order valence-electron chi connectivity index (χ4n) is 2.30. The maximum atomic E-state index is 13.1. The predicted molar refractivity (Wildman–Crippen MR) is 103 cm³/mol. The molecule has 146 valence electrons. The highest BCUT2D eigenvalue weighted by atomic mass is 19.1. The van der Waals surface area contributed by atoms with E-state index in [-0.39, 0.29) is 5.56 Å². The lowest BCUT2D eigenvalue weighted by Crippen LogP contribution is -2.64. The molecule has 0 spiro atoms. The fourth-order valence-corrected chi connectivity index (χ4v) is 2.30. The van der Waals surface area contributed by atoms with Crippen LogP contribution in [-0.2, 0) is 4.79 Å². The van der Waals surface area contributed by atoms with Gasteiger partial charge < -0.3 is 16.8 Å². The van der Waals surface area contributed by atoms with Crippen LogP contribution in [0.5, 0.6) is 0 Å². The molecule has 2 atom stereocenters. The summed E-state index contributed by atoms with van der Waals surface area (Å²) >= 11 is 0. The van der Waals surface area contributed by atoms with Gasteiger partial charge in [-0.1, -0.05) is 11.8 Å². The van der Waals surface area contributed by atoms with E-state index in [1.807, 2.05) is 0 Å². The lowest BCUT2D eigenvalue weighted by molar-refractivity contribution is -0.132. The molecule has 0 heterocycles. The van der Waals surface area contributed by atoms with E-state index < -0.39 is 30.1 Å². The highest BCUT2D eigenvalue weighted by molar-refractivity contribution is 5.98. The number of nitrogen functional groups attached to an aromatic ring is 1. The van der Waals surface area contributed by atoms with Crippen LogP contribution in [0, 0.1) is 11.8 Å². The first kappa shape index (κ1) is 20.9. The molecule has 2 aromatic rings. The molecule has 0 saturated heterocycles. The molecule has 0 aliphatic rings. The number of carbonyl (C=O) groups excluding carboxylic acids is 2. The van der Waals surface area contributed by atoms with Crippen LogP contribution in [0.2, 0.25) is 0 Å². The summed E-state index contributed by atoms with van der Waals surface area (Å²) in [7, 11) is 0. The largest absolute Gasteiger partial charge is 0.399 e. The monoisotopic (exact) mass is 384 g/mol. The summed E-state index contributed by atoms with van der Waals surface area (Å²) in [5.74, 6) is 4.28. The van der Waals surface area contributed by atoms with Gasteiger partial charge in [-0.15, -0.1) is 0 Å². The number of anilines is 1. The third-order valence-electron chi connectivity index (χ3n) is 4.00. The first-order chi connectivity index (χ1) is 13.3. The molecule has 2 amide bonds. The van der Waals surface area contributed by atoms with Gasteiger partial charge in [0.2, 0.25) is 0 Å². The molecule has 0 saturated carbocycles. The van der Waals surface area contributed by atoms with Crippen LogP contribution >= 0.6 is 0 Å². The quantitative estimate of drug-likeness (QED) is 0.227. The van der Waals surface area contributed by atoms with Crippen molar-refractivity contribution in [3.63, 3.8) is 0 Å². The Morgan fingerprint density at radius 3 is 2.07 bits per heavy atom. The summed E-state index contributed by atoms with van der Waals surface area (Å²) in [5.41, 5.74) is 13.4. The van der Waals surface area contributed by atoms with Crippen LogP contribution in [0.1, 0.15) is 28.4 Å². The van der Waals surface area contributed by atoms with Gasteiger partial charge in [0.1, 0.15) is 12.7 Å². The molecule has 0 aliphatic heterocycles. The molecule has 0 aromatic heterocycles. The van der Waals surface area contributed by atoms with E-state index in [0.717, 1.165) is 5.56 Å². The lowest BCUT2D eigenvalue weighted by atomic mass is 9.94. The number of halogens is 1. The van der Waals surface area contributed by atoms with Crippen molar-refractivity contribution in [1.29, 1.82) is 0 Å². The third-order valence-corrected chi connectivity index (χ3v) is 4.00. The van der Waals surface area contributed by atoms with Crippen molar-refractivity contribution in [2.75, 3.05) is 12.4 Å². The van der Waals surface area contributed by atoms with Crippen LogP contribution < -0.4 is 22.3 Å². The number of alkyl halides is 1. The van der Waals surface area contributed by atoms with Gasteiger partial charge in [-0.3, -0.25) is 14.8 Å². The van der Waals surface area contributed by atoms with E-state index in [2.05, 4.69) is 17.2 Å². The Kier molecular flexibility index (Phi) is 6.71. The Bertz CT molecular complexity index is 900. The molecule has 8 heteroatoms. The minimum atomic E-state index is -1.69. The molecular formula is C20H21FN4O3. The Hall–Kier alpha value is -3.41. The minimum absolute atomic E-state index is 0.225. The van der Waals surface area contributed by atoms with Crippen molar-refractivity contribution in [2.24, 2.45) is 5.73 Å². The number of hydroxylamine groups is 1.